The van der Waals surface area contributed by atoms with Gasteiger partial charge in [0.15, 0.2) is 6.54 Å². The van der Waals surface area contributed by atoms with Crippen LogP contribution in [0, 0.1) is 11.8 Å². The van der Waals surface area contributed by atoms with Crippen molar-refractivity contribution < 1.29 is 19.6 Å². The van der Waals surface area contributed by atoms with Crippen LogP contribution in [0.15, 0.2) is 0 Å². The third-order valence-corrected chi connectivity index (χ3v) is 5.38. The summed E-state index contributed by atoms with van der Waals surface area (Å²) in [5, 5.41) is 5.61. The molecule has 1 aromatic heterocycles. The van der Waals surface area contributed by atoms with E-state index in [-0.39, 0.29) is 11.9 Å². The highest BCUT2D eigenvalue weighted by Gasteiger charge is 2.29. The van der Waals surface area contributed by atoms with Crippen molar-refractivity contribution in [1.29, 1.82) is 0 Å². The molecule has 6 heteroatoms. The van der Waals surface area contributed by atoms with Gasteiger partial charge in [-0.05, 0) is 37.7 Å². The molecule has 1 atom stereocenters. The average Bonchev–Trinajstić information content (AvgIpc) is 2.83. The van der Waals surface area contributed by atoms with Crippen LogP contribution >= 0.6 is 11.3 Å². The Labute approximate surface area is 148 Å². The molecule has 1 heterocycles. The normalized spacial score (nSPS) is 16.8. The molecule has 24 heavy (non-hydrogen) atoms. The summed E-state index contributed by atoms with van der Waals surface area (Å²) in [7, 11) is 0. The monoisotopic (exact) mass is 353 g/mol. The highest BCUT2D eigenvalue weighted by Crippen LogP contribution is 2.40. The van der Waals surface area contributed by atoms with Gasteiger partial charge >= 0.3 is 5.97 Å². The van der Waals surface area contributed by atoms with E-state index in [4.69, 9.17) is 4.74 Å². The quantitative estimate of drug-likeness (QED) is 0.738. The van der Waals surface area contributed by atoms with Crippen molar-refractivity contribution in [1.82, 2.24) is 0 Å². The van der Waals surface area contributed by atoms with Crippen LogP contribution in [0.4, 0.5) is 5.00 Å². The molecule has 134 valence electrons. The first-order chi connectivity index (χ1) is 11.4. The van der Waals surface area contributed by atoms with E-state index < -0.39 is 0 Å². The molecule has 2 rings (SSSR count). The molecule has 1 unspecified atom stereocenters. The number of carbonyl (C=O) groups excluding carboxylic acids is 2. The summed E-state index contributed by atoms with van der Waals surface area (Å²) in [4.78, 5) is 25.8. The summed E-state index contributed by atoms with van der Waals surface area (Å²) >= 11 is 1.54. The number of hydrogen-bond acceptors (Lipinski definition) is 4. The van der Waals surface area contributed by atoms with Crippen LogP contribution in [-0.4, -0.2) is 31.6 Å². The molecular formula is C18H29N2O3S+. The van der Waals surface area contributed by atoms with E-state index in [0.717, 1.165) is 31.4 Å². The van der Waals surface area contributed by atoms with Crippen LogP contribution in [-0.2, 0) is 22.4 Å². The highest BCUT2D eigenvalue weighted by molar-refractivity contribution is 7.17. The maximum Gasteiger partial charge on any atom is 0.341 e. The molecule has 0 radical (unpaired) electrons. The molecule has 1 amide bonds. The van der Waals surface area contributed by atoms with E-state index >= 15 is 0 Å². The van der Waals surface area contributed by atoms with Crippen molar-refractivity contribution in [2.75, 3.05) is 25.0 Å². The number of fused-ring (bicyclic) bond motifs is 1. The van der Waals surface area contributed by atoms with Gasteiger partial charge in [0.25, 0.3) is 5.91 Å². The Morgan fingerprint density at radius 1 is 1.42 bits per heavy atom. The second-order valence-corrected chi connectivity index (χ2v) is 8.05. The van der Waals surface area contributed by atoms with Gasteiger partial charge in [-0.2, -0.15) is 0 Å². The van der Waals surface area contributed by atoms with Crippen LogP contribution in [0.5, 0.6) is 0 Å². The van der Waals surface area contributed by atoms with Crippen molar-refractivity contribution in [2.45, 2.75) is 47.0 Å². The van der Waals surface area contributed by atoms with E-state index in [1.165, 1.54) is 4.88 Å². The van der Waals surface area contributed by atoms with E-state index in [9.17, 15) is 9.59 Å². The van der Waals surface area contributed by atoms with Crippen LogP contribution in [0.1, 0.15) is 54.9 Å². The van der Waals surface area contributed by atoms with Gasteiger partial charge in [0.2, 0.25) is 0 Å². The minimum Gasteiger partial charge on any atom is -0.462 e. The first kappa shape index (κ1) is 18.9. The topological polar surface area (TPSA) is 72.0 Å². The fourth-order valence-electron chi connectivity index (χ4n) is 2.98. The fraction of sp³-hybridized carbons (Fsp3) is 0.667. The molecule has 0 saturated carbocycles. The highest BCUT2D eigenvalue weighted by atomic mass is 32.1. The molecule has 0 aromatic carbocycles. The van der Waals surface area contributed by atoms with Crippen molar-refractivity contribution in [3.8, 4) is 0 Å². The number of hydrogen-bond donors (Lipinski definition) is 2. The van der Waals surface area contributed by atoms with Gasteiger partial charge in [-0.3, -0.25) is 4.79 Å². The average molecular weight is 354 g/mol. The standard InChI is InChI=1S/C18H28N2O3S/c1-5-23-18(22)16-13-7-6-12(4)8-14(13)24-17(16)20-15(21)10-19-9-11(2)3/h11-12,19H,5-10H2,1-4H3,(H,20,21)/p+1. The molecule has 3 N–H and O–H groups in total. The van der Waals surface area contributed by atoms with Gasteiger partial charge in [0.1, 0.15) is 5.00 Å². The predicted molar refractivity (Wildman–Crippen MR) is 96.6 cm³/mol. The Bertz CT molecular complexity index is 595. The molecule has 1 aromatic rings. The van der Waals surface area contributed by atoms with Gasteiger partial charge in [-0.1, -0.05) is 20.8 Å². The number of nitrogens with one attached hydrogen (secondary N) is 1. The number of esters is 1. The van der Waals surface area contributed by atoms with Crippen LogP contribution in [0.3, 0.4) is 0 Å². The van der Waals surface area contributed by atoms with Gasteiger partial charge in [-0.15, -0.1) is 11.3 Å². The number of amides is 1. The van der Waals surface area contributed by atoms with Crippen molar-refractivity contribution in [3.63, 3.8) is 0 Å². The first-order valence-corrected chi connectivity index (χ1v) is 9.67. The van der Waals surface area contributed by atoms with Crippen LogP contribution < -0.4 is 10.6 Å². The van der Waals surface area contributed by atoms with E-state index in [2.05, 4.69) is 26.1 Å². The van der Waals surface area contributed by atoms with Gasteiger partial charge in [0, 0.05) is 10.8 Å². The molecule has 1 aliphatic rings. The number of carbonyl (C=O) groups is 2. The van der Waals surface area contributed by atoms with Crippen LogP contribution in [0.2, 0.25) is 0 Å². The Morgan fingerprint density at radius 3 is 2.83 bits per heavy atom. The third-order valence-electron chi connectivity index (χ3n) is 4.21. The lowest BCUT2D eigenvalue weighted by Gasteiger charge is -2.18. The lowest BCUT2D eigenvalue weighted by molar-refractivity contribution is -0.648. The van der Waals surface area contributed by atoms with Gasteiger partial charge in [0.05, 0.1) is 18.7 Å². The Balaban J connectivity index is 2.15. The Morgan fingerprint density at radius 2 is 2.17 bits per heavy atom. The fourth-order valence-corrected chi connectivity index (χ4v) is 4.40. The SMILES string of the molecule is CCOC(=O)c1c(NC(=O)C[NH2+]CC(C)C)sc2c1CCC(C)C2. The predicted octanol–water partition coefficient (Wildman–Crippen LogP) is 2.21. The smallest absolute Gasteiger partial charge is 0.341 e. The second kappa shape index (κ2) is 8.62. The molecule has 0 aliphatic heterocycles. The number of thiophene rings is 1. The first-order valence-electron chi connectivity index (χ1n) is 8.85. The zero-order valence-corrected chi connectivity index (χ0v) is 15.9. The zero-order valence-electron chi connectivity index (χ0n) is 15.1. The van der Waals surface area contributed by atoms with Gasteiger partial charge < -0.3 is 15.4 Å². The summed E-state index contributed by atoms with van der Waals surface area (Å²) in [6, 6.07) is 0. The molecule has 0 saturated heterocycles. The molecular weight excluding hydrogens is 324 g/mol. The van der Waals surface area contributed by atoms with Crippen molar-refractivity contribution in [2.24, 2.45) is 11.8 Å². The number of nitrogens with two attached hydrogens (primary N) is 1. The number of anilines is 1. The minimum atomic E-state index is -0.314. The Kier molecular flexibility index (Phi) is 6.80. The van der Waals surface area contributed by atoms with E-state index in [1.807, 2.05) is 5.32 Å². The Hall–Kier alpha value is -1.40. The molecule has 0 bridgehead atoms. The lowest BCUT2D eigenvalue weighted by atomic mass is 9.88. The van der Waals surface area contributed by atoms with Crippen LogP contribution in [0.25, 0.3) is 0 Å². The summed E-state index contributed by atoms with van der Waals surface area (Å²) in [6.45, 7) is 9.92. The summed E-state index contributed by atoms with van der Waals surface area (Å²) < 4.78 is 5.22. The summed E-state index contributed by atoms with van der Waals surface area (Å²) in [5.74, 6) is 0.788. The maximum atomic E-state index is 12.4. The molecule has 5 nitrogen and oxygen atoms in total. The van der Waals surface area contributed by atoms with E-state index in [0.29, 0.717) is 35.6 Å². The lowest BCUT2D eigenvalue weighted by Crippen LogP contribution is -2.87. The van der Waals surface area contributed by atoms with Crippen molar-refractivity contribution in [3.05, 3.63) is 16.0 Å². The van der Waals surface area contributed by atoms with E-state index in [1.54, 1.807) is 18.3 Å². The number of quaternary nitrogens is 1. The zero-order chi connectivity index (χ0) is 17.7. The largest absolute Gasteiger partial charge is 0.462 e. The van der Waals surface area contributed by atoms with Crippen molar-refractivity contribution >= 4 is 28.2 Å². The minimum absolute atomic E-state index is 0.0622. The van der Waals surface area contributed by atoms with Gasteiger partial charge in [-0.25, -0.2) is 4.79 Å². The second-order valence-electron chi connectivity index (χ2n) is 6.95. The molecule has 1 aliphatic carbocycles. The molecule has 0 spiro atoms. The summed E-state index contributed by atoms with van der Waals surface area (Å²) in [5.41, 5.74) is 1.67. The third kappa shape index (κ3) is 4.80. The number of rotatable bonds is 7. The maximum absolute atomic E-state index is 12.4. The number of ether oxygens (including phenoxy) is 1. The molecule has 0 fully saturated rings. The summed E-state index contributed by atoms with van der Waals surface area (Å²) in [6.07, 6.45) is 2.93.